The van der Waals surface area contributed by atoms with Gasteiger partial charge in [-0.05, 0) is 23.6 Å². The van der Waals surface area contributed by atoms with Crippen LogP contribution in [0, 0.1) is 5.82 Å². The third-order valence-electron chi connectivity index (χ3n) is 3.02. The second kappa shape index (κ2) is 5.78. The first-order valence-electron chi connectivity index (χ1n) is 6.25. The van der Waals surface area contributed by atoms with Crippen LogP contribution in [0.25, 0.3) is 11.1 Å². The minimum Gasteiger partial charge on any atom is -0.388 e. The molecule has 1 nitrogen and oxygen atoms in total. The summed E-state index contributed by atoms with van der Waals surface area (Å²) in [6.07, 6.45) is 0.960. The van der Waals surface area contributed by atoms with Gasteiger partial charge in [-0.15, -0.1) is 0 Å². The fraction of sp³-hybridized carbons (Fsp3) is 0.250. The van der Waals surface area contributed by atoms with Crippen molar-refractivity contribution in [3.05, 3.63) is 59.9 Å². The number of benzene rings is 2. The van der Waals surface area contributed by atoms with Crippen LogP contribution >= 0.6 is 0 Å². The van der Waals surface area contributed by atoms with Gasteiger partial charge < -0.3 is 5.11 Å². The third-order valence-corrected chi connectivity index (χ3v) is 3.02. The SMILES string of the molecule is CCCC(O)c1ccc(-c2ccccc2)c(F)c1. The van der Waals surface area contributed by atoms with E-state index in [4.69, 9.17) is 0 Å². The smallest absolute Gasteiger partial charge is 0.131 e. The Morgan fingerprint density at radius 1 is 1.11 bits per heavy atom. The summed E-state index contributed by atoms with van der Waals surface area (Å²) >= 11 is 0. The molecule has 0 aliphatic carbocycles. The highest BCUT2D eigenvalue weighted by molar-refractivity contribution is 5.64. The summed E-state index contributed by atoms with van der Waals surface area (Å²) in [5, 5.41) is 9.84. The molecule has 2 rings (SSSR count). The van der Waals surface area contributed by atoms with Crippen LogP contribution in [0.1, 0.15) is 31.4 Å². The van der Waals surface area contributed by atoms with Crippen LogP contribution in [0.4, 0.5) is 4.39 Å². The van der Waals surface area contributed by atoms with E-state index in [1.807, 2.05) is 37.3 Å². The lowest BCUT2D eigenvalue weighted by atomic mass is 9.99. The first-order valence-corrected chi connectivity index (χ1v) is 6.25. The summed E-state index contributed by atoms with van der Waals surface area (Å²) < 4.78 is 14.0. The van der Waals surface area contributed by atoms with Gasteiger partial charge in [0.2, 0.25) is 0 Å². The fourth-order valence-electron chi connectivity index (χ4n) is 2.03. The maximum absolute atomic E-state index is 14.0. The molecule has 0 fully saturated rings. The Balaban J connectivity index is 2.31. The molecule has 1 unspecified atom stereocenters. The first-order chi connectivity index (χ1) is 8.72. The van der Waals surface area contributed by atoms with E-state index in [1.165, 1.54) is 6.07 Å². The molecule has 0 saturated carbocycles. The molecule has 2 heteroatoms. The lowest BCUT2D eigenvalue weighted by molar-refractivity contribution is 0.166. The third kappa shape index (κ3) is 2.77. The van der Waals surface area contributed by atoms with E-state index in [0.717, 1.165) is 12.0 Å². The van der Waals surface area contributed by atoms with Crippen molar-refractivity contribution in [3.8, 4) is 11.1 Å². The van der Waals surface area contributed by atoms with Crippen molar-refractivity contribution in [3.63, 3.8) is 0 Å². The highest BCUT2D eigenvalue weighted by atomic mass is 19.1. The van der Waals surface area contributed by atoms with Crippen molar-refractivity contribution in [1.82, 2.24) is 0 Å². The molecule has 1 N–H and O–H groups in total. The van der Waals surface area contributed by atoms with Crippen molar-refractivity contribution in [2.75, 3.05) is 0 Å². The van der Waals surface area contributed by atoms with Gasteiger partial charge in [0, 0.05) is 5.56 Å². The zero-order chi connectivity index (χ0) is 13.0. The first kappa shape index (κ1) is 12.8. The predicted molar refractivity (Wildman–Crippen MR) is 71.7 cm³/mol. The minimum absolute atomic E-state index is 0.283. The Morgan fingerprint density at radius 2 is 1.83 bits per heavy atom. The van der Waals surface area contributed by atoms with Gasteiger partial charge in [-0.1, -0.05) is 55.8 Å². The number of aliphatic hydroxyl groups is 1. The van der Waals surface area contributed by atoms with Crippen LogP contribution in [-0.4, -0.2) is 5.11 Å². The molecule has 0 heterocycles. The Bertz CT molecular complexity index is 508. The summed E-state index contributed by atoms with van der Waals surface area (Å²) in [7, 11) is 0. The normalized spacial score (nSPS) is 12.4. The van der Waals surface area contributed by atoms with Crippen LogP contribution in [0.15, 0.2) is 48.5 Å². The van der Waals surface area contributed by atoms with Gasteiger partial charge in [0.1, 0.15) is 5.82 Å². The van der Waals surface area contributed by atoms with E-state index in [0.29, 0.717) is 17.5 Å². The van der Waals surface area contributed by atoms with Gasteiger partial charge in [0.15, 0.2) is 0 Å². The van der Waals surface area contributed by atoms with Gasteiger partial charge in [-0.25, -0.2) is 4.39 Å². The molecule has 1 atom stereocenters. The van der Waals surface area contributed by atoms with E-state index in [2.05, 4.69) is 0 Å². The maximum atomic E-state index is 14.0. The molecule has 0 bridgehead atoms. The van der Waals surface area contributed by atoms with Crippen molar-refractivity contribution in [2.24, 2.45) is 0 Å². The van der Waals surface area contributed by atoms with Gasteiger partial charge in [-0.3, -0.25) is 0 Å². The number of halogens is 1. The molecule has 0 amide bonds. The topological polar surface area (TPSA) is 20.2 Å². The molecule has 2 aromatic carbocycles. The molecule has 0 radical (unpaired) electrons. The van der Waals surface area contributed by atoms with Crippen LogP contribution in [-0.2, 0) is 0 Å². The van der Waals surface area contributed by atoms with Gasteiger partial charge in [0.05, 0.1) is 6.10 Å². The van der Waals surface area contributed by atoms with Crippen LogP contribution in [0.2, 0.25) is 0 Å². The standard InChI is InChI=1S/C16H17FO/c1-2-6-16(18)13-9-10-14(15(17)11-13)12-7-4-3-5-8-12/h3-5,7-11,16,18H,2,6H2,1H3. The molecule has 0 spiro atoms. The molecule has 0 aromatic heterocycles. The zero-order valence-corrected chi connectivity index (χ0v) is 10.4. The number of rotatable bonds is 4. The molecule has 94 valence electrons. The molecule has 18 heavy (non-hydrogen) atoms. The summed E-state index contributed by atoms with van der Waals surface area (Å²) in [6, 6.07) is 14.4. The molecule has 2 aromatic rings. The lowest BCUT2D eigenvalue weighted by Crippen LogP contribution is -1.98. The fourth-order valence-corrected chi connectivity index (χ4v) is 2.03. The van der Waals surface area contributed by atoms with Crippen molar-refractivity contribution in [2.45, 2.75) is 25.9 Å². The zero-order valence-electron chi connectivity index (χ0n) is 10.4. The van der Waals surface area contributed by atoms with E-state index < -0.39 is 6.10 Å². The molecular weight excluding hydrogens is 227 g/mol. The number of hydrogen-bond acceptors (Lipinski definition) is 1. The average Bonchev–Trinajstić information content (AvgIpc) is 2.40. The highest BCUT2D eigenvalue weighted by Gasteiger charge is 2.10. The Hall–Kier alpha value is -1.67. The monoisotopic (exact) mass is 244 g/mol. The second-order valence-corrected chi connectivity index (χ2v) is 4.41. The van der Waals surface area contributed by atoms with Crippen molar-refractivity contribution < 1.29 is 9.50 Å². The minimum atomic E-state index is -0.575. The Morgan fingerprint density at radius 3 is 2.44 bits per heavy atom. The van der Waals surface area contributed by atoms with Crippen molar-refractivity contribution in [1.29, 1.82) is 0 Å². The van der Waals surface area contributed by atoms with E-state index >= 15 is 0 Å². The van der Waals surface area contributed by atoms with E-state index in [1.54, 1.807) is 12.1 Å². The molecule has 0 saturated heterocycles. The molecule has 0 aliphatic heterocycles. The molecule has 0 aliphatic rings. The highest BCUT2D eigenvalue weighted by Crippen LogP contribution is 2.26. The van der Waals surface area contributed by atoms with Crippen LogP contribution < -0.4 is 0 Å². The van der Waals surface area contributed by atoms with Gasteiger partial charge >= 0.3 is 0 Å². The lowest BCUT2D eigenvalue weighted by Gasteiger charge is -2.11. The summed E-state index contributed by atoms with van der Waals surface area (Å²) in [6.45, 7) is 2.00. The Kier molecular flexibility index (Phi) is 4.11. The van der Waals surface area contributed by atoms with E-state index in [9.17, 15) is 9.50 Å². The summed E-state index contributed by atoms with van der Waals surface area (Å²) in [5.41, 5.74) is 2.07. The second-order valence-electron chi connectivity index (χ2n) is 4.41. The van der Waals surface area contributed by atoms with Gasteiger partial charge in [0.25, 0.3) is 0 Å². The van der Waals surface area contributed by atoms with E-state index in [-0.39, 0.29) is 5.82 Å². The molecular formula is C16H17FO. The Labute approximate surface area is 107 Å². The largest absolute Gasteiger partial charge is 0.388 e. The maximum Gasteiger partial charge on any atom is 0.131 e. The average molecular weight is 244 g/mol. The number of aliphatic hydroxyl groups excluding tert-OH is 1. The van der Waals surface area contributed by atoms with Crippen molar-refractivity contribution >= 4 is 0 Å². The summed E-state index contributed by atoms with van der Waals surface area (Å²) in [4.78, 5) is 0. The summed E-state index contributed by atoms with van der Waals surface area (Å²) in [5.74, 6) is -0.283. The van der Waals surface area contributed by atoms with Crippen LogP contribution in [0.5, 0.6) is 0 Å². The van der Waals surface area contributed by atoms with Gasteiger partial charge in [-0.2, -0.15) is 0 Å². The number of hydrogen-bond donors (Lipinski definition) is 1. The predicted octanol–water partition coefficient (Wildman–Crippen LogP) is 4.33. The quantitative estimate of drug-likeness (QED) is 0.848. The van der Waals surface area contributed by atoms with Crippen LogP contribution in [0.3, 0.4) is 0 Å².